The molecule has 7 heteroatoms. The number of alkyl carbamates (subject to hydrolysis) is 1. The lowest BCUT2D eigenvalue weighted by atomic mass is 10.2. The molecule has 1 amide bonds. The van der Waals surface area contributed by atoms with Gasteiger partial charge in [-0.25, -0.2) is 4.79 Å². The molecule has 118 valence electrons. The zero-order valence-corrected chi connectivity index (χ0v) is 12.9. The molecule has 0 saturated carbocycles. The van der Waals surface area contributed by atoms with Crippen LogP contribution in [0.1, 0.15) is 20.8 Å². The summed E-state index contributed by atoms with van der Waals surface area (Å²) in [5.41, 5.74) is 1.25. The van der Waals surface area contributed by atoms with Gasteiger partial charge in [-0.05, 0) is 39.0 Å². The van der Waals surface area contributed by atoms with E-state index in [1.54, 1.807) is 0 Å². The molecule has 0 bridgehead atoms. The summed E-state index contributed by atoms with van der Waals surface area (Å²) in [6.07, 6.45) is 0.870. The highest BCUT2D eigenvalue weighted by Crippen LogP contribution is 2.19. The van der Waals surface area contributed by atoms with E-state index in [0.29, 0.717) is 19.0 Å². The zero-order chi connectivity index (χ0) is 16.0. The Morgan fingerprint density at radius 2 is 2.14 bits per heavy atom. The van der Waals surface area contributed by atoms with Crippen LogP contribution in [0.25, 0.3) is 11.5 Å². The van der Waals surface area contributed by atoms with Crippen LogP contribution in [-0.4, -0.2) is 35.0 Å². The Hall–Kier alpha value is -2.57. The summed E-state index contributed by atoms with van der Waals surface area (Å²) in [6, 6.07) is 7.61. The number of rotatable bonds is 5. The van der Waals surface area contributed by atoms with Crippen molar-refractivity contribution in [3.8, 4) is 11.5 Å². The van der Waals surface area contributed by atoms with Gasteiger partial charge in [0.15, 0.2) is 0 Å². The van der Waals surface area contributed by atoms with E-state index < -0.39 is 11.7 Å². The van der Waals surface area contributed by atoms with Crippen molar-refractivity contribution in [1.82, 2.24) is 15.5 Å². The summed E-state index contributed by atoms with van der Waals surface area (Å²) in [4.78, 5) is 11.5. The molecule has 0 aliphatic carbocycles. The molecule has 0 fully saturated rings. The minimum Gasteiger partial charge on any atom is -0.444 e. The fourth-order valence-corrected chi connectivity index (χ4v) is 1.75. The second-order valence-corrected chi connectivity index (χ2v) is 5.68. The standard InChI is InChI=1S/C15H20N4O3/c1-15(2,3)22-14(20)17-8-7-16-12-6-4-5-11(9-12)13-19-18-10-21-13/h4-6,9-10,16H,7-8H2,1-3H3,(H,17,20). The predicted octanol–water partition coefficient (Wildman–Crippen LogP) is 2.67. The number of amides is 1. The van der Waals surface area contributed by atoms with Gasteiger partial charge in [-0.1, -0.05) is 6.07 Å². The number of ether oxygens (including phenoxy) is 1. The van der Waals surface area contributed by atoms with Crippen molar-refractivity contribution in [1.29, 1.82) is 0 Å². The van der Waals surface area contributed by atoms with Gasteiger partial charge in [0.1, 0.15) is 5.60 Å². The molecule has 1 aromatic heterocycles. The van der Waals surface area contributed by atoms with E-state index in [2.05, 4.69) is 20.8 Å². The van der Waals surface area contributed by atoms with E-state index in [0.717, 1.165) is 11.3 Å². The molecule has 2 N–H and O–H groups in total. The maximum absolute atomic E-state index is 11.5. The highest BCUT2D eigenvalue weighted by molar-refractivity contribution is 5.67. The zero-order valence-electron chi connectivity index (χ0n) is 12.9. The van der Waals surface area contributed by atoms with Crippen LogP contribution >= 0.6 is 0 Å². The molecular formula is C15H20N4O3. The van der Waals surface area contributed by atoms with Crippen LogP contribution in [0.4, 0.5) is 10.5 Å². The van der Waals surface area contributed by atoms with E-state index in [1.807, 2.05) is 45.0 Å². The normalized spacial score (nSPS) is 11.0. The Labute approximate surface area is 129 Å². The number of carbonyl (C=O) groups excluding carboxylic acids is 1. The van der Waals surface area contributed by atoms with E-state index in [1.165, 1.54) is 6.39 Å². The van der Waals surface area contributed by atoms with E-state index in [4.69, 9.17) is 9.15 Å². The summed E-state index contributed by atoms with van der Waals surface area (Å²) < 4.78 is 10.3. The van der Waals surface area contributed by atoms with Gasteiger partial charge in [0, 0.05) is 24.3 Å². The van der Waals surface area contributed by atoms with Crippen LogP contribution < -0.4 is 10.6 Å². The van der Waals surface area contributed by atoms with Crippen molar-refractivity contribution in [2.24, 2.45) is 0 Å². The van der Waals surface area contributed by atoms with Crippen molar-refractivity contribution >= 4 is 11.8 Å². The second kappa shape index (κ2) is 6.93. The fraction of sp³-hybridized carbons (Fsp3) is 0.400. The number of nitrogens with one attached hydrogen (secondary N) is 2. The van der Waals surface area contributed by atoms with Gasteiger partial charge in [-0.15, -0.1) is 10.2 Å². The SMILES string of the molecule is CC(C)(C)OC(=O)NCCNc1cccc(-c2nnco2)c1. The number of hydrogen-bond acceptors (Lipinski definition) is 6. The third kappa shape index (κ3) is 5.08. The van der Waals surface area contributed by atoms with Gasteiger partial charge < -0.3 is 19.8 Å². The maximum atomic E-state index is 11.5. The molecule has 0 unspecified atom stereocenters. The van der Waals surface area contributed by atoms with E-state index in [-0.39, 0.29) is 0 Å². The van der Waals surface area contributed by atoms with E-state index >= 15 is 0 Å². The van der Waals surface area contributed by atoms with Crippen LogP contribution in [0.2, 0.25) is 0 Å². The van der Waals surface area contributed by atoms with Gasteiger partial charge in [0.2, 0.25) is 12.3 Å². The first-order chi connectivity index (χ1) is 10.4. The highest BCUT2D eigenvalue weighted by Gasteiger charge is 2.15. The van der Waals surface area contributed by atoms with Crippen molar-refractivity contribution in [3.05, 3.63) is 30.7 Å². The lowest BCUT2D eigenvalue weighted by Gasteiger charge is -2.19. The van der Waals surface area contributed by atoms with Gasteiger partial charge in [-0.2, -0.15) is 0 Å². The topological polar surface area (TPSA) is 89.3 Å². The summed E-state index contributed by atoms with van der Waals surface area (Å²) in [5.74, 6) is 0.468. The number of carbonyl (C=O) groups is 1. The largest absolute Gasteiger partial charge is 0.444 e. The minimum absolute atomic E-state index is 0.422. The Balaban J connectivity index is 1.78. The van der Waals surface area contributed by atoms with Gasteiger partial charge in [0.25, 0.3) is 0 Å². The molecule has 1 aromatic carbocycles. The Morgan fingerprint density at radius 1 is 1.32 bits per heavy atom. The number of hydrogen-bond donors (Lipinski definition) is 2. The molecule has 0 spiro atoms. The van der Waals surface area contributed by atoms with Crippen LogP contribution in [0.5, 0.6) is 0 Å². The number of anilines is 1. The van der Waals surface area contributed by atoms with Gasteiger partial charge in [-0.3, -0.25) is 0 Å². The molecule has 0 radical (unpaired) electrons. The van der Waals surface area contributed by atoms with Crippen molar-refractivity contribution < 1.29 is 13.9 Å². The average Bonchev–Trinajstić information content (AvgIpc) is 2.96. The molecule has 0 atom stereocenters. The van der Waals surface area contributed by atoms with Crippen molar-refractivity contribution in [2.45, 2.75) is 26.4 Å². The molecule has 7 nitrogen and oxygen atoms in total. The molecule has 0 aliphatic heterocycles. The Kier molecular flexibility index (Phi) is 4.98. The second-order valence-electron chi connectivity index (χ2n) is 5.68. The van der Waals surface area contributed by atoms with Crippen molar-refractivity contribution in [3.63, 3.8) is 0 Å². The van der Waals surface area contributed by atoms with Crippen LogP contribution in [0, 0.1) is 0 Å². The first kappa shape index (κ1) is 15.8. The van der Waals surface area contributed by atoms with Gasteiger partial charge in [0.05, 0.1) is 0 Å². The molecule has 1 heterocycles. The van der Waals surface area contributed by atoms with Gasteiger partial charge >= 0.3 is 6.09 Å². The molecule has 0 aliphatic rings. The minimum atomic E-state index is -0.490. The summed E-state index contributed by atoms with van der Waals surface area (Å²) in [5, 5.41) is 13.4. The monoisotopic (exact) mass is 304 g/mol. The lowest BCUT2D eigenvalue weighted by molar-refractivity contribution is 0.0530. The average molecular weight is 304 g/mol. The van der Waals surface area contributed by atoms with Crippen LogP contribution in [0.15, 0.2) is 35.1 Å². The third-order valence-electron chi connectivity index (χ3n) is 2.59. The van der Waals surface area contributed by atoms with E-state index in [9.17, 15) is 4.79 Å². The molecule has 0 saturated heterocycles. The first-order valence-corrected chi connectivity index (χ1v) is 7.01. The summed E-state index contributed by atoms with van der Waals surface area (Å²) >= 11 is 0. The quantitative estimate of drug-likeness (QED) is 0.825. The number of benzene rings is 1. The van der Waals surface area contributed by atoms with Crippen LogP contribution in [0.3, 0.4) is 0 Å². The predicted molar refractivity (Wildman–Crippen MR) is 82.5 cm³/mol. The molecule has 2 rings (SSSR count). The maximum Gasteiger partial charge on any atom is 0.407 e. The fourth-order valence-electron chi connectivity index (χ4n) is 1.75. The van der Waals surface area contributed by atoms with Crippen molar-refractivity contribution in [2.75, 3.05) is 18.4 Å². The lowest BCUT2D eigenvalue weighted by Crippen LogP contribution is -2.34. The van der Waals surface area contributed by atoms with Crippen LogP contribution in [-0.2, 0) is 4.74 Å². The first-order valence-electron chi connectivity index (χ1n) is 7.01. The highest BCUT2D eigenvalue weighted by atomic mass is 16.6. The molecule has 22 heavy (non-hydrogen) atoms. The third-order valence-corrected chi connectivity index (χ3v) is 2.59. The summed E-state index contributed by atoms with van der Waals surface area (Å²) in [6.45, 7) is 6.52. The molecule has 2 aromatic rings. The summed E-state index contributed by atoms with van der Waals surface area (Å²) in [7, 11) is 0. The Morgan fingerprint density at radius 3 is 2.82 bits per heavy atom. The molecular weight excluding hydrogens is 284 g/mol. The number of aromatic nitrogens is 2. The smallest absolute Gasteiger partial charge is 0.407 e. The number of nitrogens with zero attached hydrogens (tertiary/aromatic N) is 2. The Bertz CT molecular complexity index is 606.